The predicted octanol–water partition coefficient (Wildman–Crippen LogP) is 4.12. The lowest BCUT2D eigenvalue weighted by molar-refractivity contribution is 0.415. The number of ether oxygens (including phenoxy) is 3. The first kappa shape index (κ1) is 18.1. The fourth-order valence-corrected chi connectivity index (χ4v) is 4.55. The summed E-state index contributed by atoms with van der Waals surface area (Å²) in [7, 11) is 4.97. The van der Waals surface area contributed by atoms with Crippen molar-refractivity contribution in [3.05, 3.63) is 54.6 Å². The first-order valence-electron chi connectivity index (χ1n) is 10.4. The second-order valence-corrected chi connectivity index (χ2v) is 7.81. The summed E-state index contributed by atoms with van der Waals surface area (Å²) in [5, 5.41) is 0. The van der Waals surface area contributed by atoms with Crippen molar-refractivity contribution in [2.45, 2.75) is 0 Å². The van der Waals surface area contributed by atoms with E-state index >= 15 is 0 Å². The van der Waals surface area contributed by atoms with Gasteiger partial charge >= 0.3 is 0 Å². The van der Waals surface area contributed by atoms with E-state index in [1.807, 2.05) is 67.8 Å². The summed E-state index contributed by atoms with van der Waals surface area (Å²) in [4.78, 5) is 14.9. The van der Waals surface area contributed by atoms with Crippen molar-refractivity contribution >= 4 is 50.4 Å². The molecule has 0 bridgehead atoms. The Kier molecular flexibility index (Phi) is 3.43. The normalized spacial score (nSPS) is 12.1. The molecular formula is C24H18N6O3. The number of benzene rings is 3. The monoisotopic (exact) mass is 438 g/mol. The number of imidazole rings is 3. The molecule has 0 aliphatic rings. The molecule has 0 aliphatic heterocycles. The number of hydrogen-bond donors (Lipinski definition) is 0. The van der Waals surface area contributed by atoms with E-state index in [-0.39, 0.29) is 0 Å². The Morgan fingerprint density at radius 2 is 0.788 bits per heavy atom. The smallest absolute Gasteiger partial charge is 0.225 e. The molecular weight excluding hydrogens is 420 g/mol. The Morgan fingerprint density at radius 3 is 1.06 bits per heavy atom. The van der Waals surface area contributed by atoms with Gasteiger partial charge in [-0.15, -0.1) is 0 Å². The Labute approximate surface area is 186 Å². The van der Waals surface area contributed by atoms with Crippen LogP contribution in [0.2, 0.25) is 0 Å². The summed E-state index contributed by atoms with van der Waals surface area (Å²) in [6, 6.07) is 17.5. The van der Waals surface area contributed by atoms with E-state index in [1.54, 1.807) is 21.3 Å². The van der Waals surface area contributed by atoms with Crippen molar-refractivity contribution in [1.82, 2.24) is 28.2 Å². The third-order valence-corrected chi connectivity index (χ3v) is 6.13. The lowest BCUT2D eigenvalue weighted by atomic mass is 10.3. The van der Waals surface area contributed by atoms with Crippen LogP contribution in [0, 0.1) is 0 Å². The molecule has 0 saturated heterocycles. The molecule has 7 rings (SSSR count). The molecule has 0 unspecified atom stereocenters. The van der Waals surface area contributed by atoms with E-state index in [0.717, 1.165) is 50.3 Å². The van der Waals surface area contributed by atoms with Crippen molar-refractivity contribution in [1.29, 1.82) is 0 Å². The Bertz CT molecular complexity index is 1650. The van der Waals surface area contributed by atoms with Gasteiger partial charge in [-0.2, -0.15) is 0 Å². The van der Waals surface area contributed by atoms with Crippen molar-refractivity contribution in [2.75, 3.05) is 21.3 Å². The third-order valence-electron chi connectivity index (χ3n) is 6.13. The van der Waals surface area contributed by atoms with Crippen LogP contribution in [0.15, 0.2) is 54.6 Å². The predicted molar refractivity (Wildman–Crippen MR) is 125 cm³/mol. The minimum atomic E-state index is 0.707. The van der Waals surface area contributed by atoms with Gasteiger partial charge in [-0.05, 0) is 36.4 Å². The fraction of sp³-hybridized carbons (Fsp3) is 0.125. The molecule has 33 heavy (non-hydrogen) atoms. The van der Waals surface area contributed by atoms with Crippen LogP contribution in [0.1, 0.15) is 0 Å². The minimum absolute atomic E-state index is 0.707. The first-order chi connectivity index (χ1) is 16.2. The van der Waals surface area contributed by atoms with Crippen LogP contribution in [0.5, 0.6) is 17.2 Å². The van der Waals surface area contributed by atoms with Crippen LogP contribution in [-0.4, -0.2) is 49.5 Å². The second kappa shape index (κ2) is 6.26. The molecule has 162 valence electrons. The highest BCUT2D eigenvalue weighted by Crippen LogP contribution is 2.31. The fourth-order valence-electron chi connectivity index (χ4n) is 4.55. The molecule has 0 amide bonds. The molecule has 0 saturated carbocycles. The molecule has 0 spiro atoms. The minimum Gasteiger partial charge on any atom is -0.497 e. The summed E-state index contributed by atoms with van der Waals surface area (Å²) in [6.45, 7) is 0. The number of methoxy groups -OCH3 is 3. The quantitative estimate of drug-likeness (QED) is 0.413. The molecule has 0 atom stereocenters. The van der Waals surface area contributed by atoms with Crippen LogP contribution < -0.4 is 14.2 Å². The molecule has 0 fully saturated rings. The van der Waals surface area contributed by atoms with Crippen molar-refractivity contribution in [3.63, 3.8) is 0 Å². The topological polar surface area (TPSA) is 79.6 Å². The molecule has 7 aromatic rings. The second-order valence-electron chi connectivity index (χ2n) is 7.81. The molecule has 0 N–H and O–H groups in total. The maximum atomic E-state index is 5.49. The number of aromatic nitrogens is 6. The molecule has 0 radical (unpaired) electrons. The highest BCUT2D eigenvalue weighted by Gasteiger charge is 2.21. The van der Waals surface area contributed by atoms with E-state index < -0.39 is 0 Å². The highest BCUT2D eigenvalue weighted by atomic mass is 16.5. The zero-order valence-electron chi connectivity index (χ0n) is 18.1. The first-order valence-corrected chi connectivity index (χ1v) is 10.4. The third kappa shape index (κ3) is 2.28. The zero-order valence-corrected chi connectivity index (χ0v) is 18.1. The summed E-state index contributed by atoms with van der Waals surface area (Å²) >= 11 is 0. The van der Waals surface area contributed by atoms with Crippen LogP contribution >= 0.6 is 0 Å². The van der Waals surface area contributed by atoms with Gasteiger partial charge in [0.05, 0.1) is 54.4 Å². The SMILES string of the molecule is COc1ccc2nc3n(c2c1)c1nc2ccc(OC)cc2n1c1nc2ccc(OC)cc2n31. The van der Waals surface area contributed by atoms with E-state index in [1.165, 1.54) is 0 Å². The number of nitrogens with zero attached hydrogens (tertiary/aromatic N) is 6. The largest absolute Gasteiger partial charge is 0.497 e. The molecule has 4 aromatic heterocycles. The summed E-state index contributed by atoms with van der Waals surface area (Å²) in [6.07, 6.45) is 0. The van der Waals surface area contributed by atoms with E-state index in [9.17, 15) is 0 Å². The standard InChI is InChI=1S/C24H18N6O3/c1-31-13-4-7-16-19(10-13)28-22(25-16)29-21-12-15(33-3)6-9-18(21)27-24(29)30-20-11-14(32-2)5-8-17(20)26-23(28)30/h4-12H,1-3H3. The number of rotatable bonds is 3. The van der Waals surface area contributed by atoms with Gasteiger partial charge in [0.2, 0.25) is 17.3 Å². The van der Waals surface area contributed by atoms with Crippen LogP contribution in [-0.2, 0) is 0 Å². The van der Waals surface area contributed by atoms with Gasteiger partial charge in [-0.1, -0.05) is 0 Å². The van der Waals surface area contributed by atoms with Crippen molar-refractivity contribution in [3.8, 4) is 17.2 Å². The molecule has 4 heterocycles. The van der Waals surface area contributed by atoms with Crippen molar-refractivity contribution < 1.29 is 14.2 Å². The maximum Gasteiger partial charge on any atom is 0.225 e. The number of hydrogen-bond acceptors (Lipinski definition) is 6. The maximum absolute atomic E-state index is 5.49. The van der Waals surface area contributed by atoms with Gasteiger partial charge in [-0.25, -0.2) is 28.2 Å². The Hall–Kier alpha value is -4.53. The van der Waals surface area contributed by atoms with Crippen LogP contribution in [0.25, 0.3) is 50.4 Å². The van der Waals surface area contributed by atoms with Gasteiger partial charge in [0.25, 0.3) is 0 Å². The Morgan fingerprint density at radius 1 is 0.485 bits per heavy atom. The van der Waals surface area contributed by atoms with Gasteiger partial charge in [0.1, 0.15) is 17.2 Å². The molecule has 9 heteroatoms. The van der Waals surface area contributed by atoms with E-state index in [0.29, 0.717) is 17.3 Å². The molecule has 3 aromatic carbocycles. The van der Waals surface area contributed by atoms with Gasteiger partial charge in [-0.3, -0.25) is 0 Å². The summed E-state index contributed by atoms with van der Waals surface area (Å²) < 4.78 is 22.6. The summed E-state index contributed by atoms with van der Waals surface area (Å²) in [5.41, 5.74) is 5.17. The van der Waals surface area contributed by atoms with Crippen LogP contribution in [0.4, 0.5) is 0 Å². The summed E-state index contributed by atoms with van der Waals surface area (Å²) in [5.74, 6) is 4.36. The van der Waals surface area contributed by atoms with Gasteiger partial charge in [0, 0.05) is 18.2 Å². The lowest BCUT2D eigenvalue weighted by Crippen LogP contribution is -2.04. The zero-order chi connectivity index (χ0) is 22.3. The van der Waals surface area contributed by atoms with E-state index in [2.05, 4.69) is 0 Å². The highest BCUT2D eigenvalue weighted by molar-refractivity contribution is 5.92. The van der Waals surface area contributed by atoms with E-state index in [4.69, 9.17) is 29.2 Å². The van der Waals surface area contributed by atoms with Crippen LogP contribution in [0.3, 0.4) is 0 Å². The van der Waals surface area contributed by atoms with Gasteiger partial charge < -0.3 is 14.2 Å². The average Bonchev–Trinajstić information content (AvgIpc) is 3.52. The number of fused-ring (bicyclic) bond motifs is 12. The lowest BCUT2D eigenvalue weighted by Gasteiger charge is -2.06. The molecule has 0 aliphatic carbocycles. The Balaban J connectivity index is 1.82. The average molecular weight is 438 g/mol. The molecule has 9 nitrogen and oxygen atoms in total. The van der Waals surface area contributed by atoms with Gasteiger partial charge in [0.15, 0.2) is 0 Å². The van der Waals surface area contributed by atoms with Crippen molar-refractivity contribution in [2.24, 2.45) is 0 Å².